The van der Waals surface area contributed by atoms with Gasteiger partial charge in [0.25, 0.3) is 0 Å². The molecule has 0 spiro atoms. The molecule has 4 nitrogen and oxygen atoms in total. The van der Waals surface area contributed by atoms with Gasteiger partial charge in [-0.1, -0.05) is 26.2 Å². The third-order valence-corrected chi connectivity index (χ3v) is 4.26. The molecule has 0 aromatic heterocycles. The maximum absolute atomic E-state index is 13.3. The summed E-state index contributed by atoms with van der Waals surface area (Å²) >= 11 is 0. The molecule has 2 N–H and O–H groups in total. The van der Waals surface area contributed by atoms with Crippen molar-refractivity contribution in [3.8, 4) is 0 Å². The first-order chi connectivity index (χ1) is 12.6. The van der Waals surface area contributed by atoms with Crippen LogP contribution in [0.4, 0.5) is 48.3 Å². The molecule has 0 aliphatic rings. The van der Waals surface area contributed by atoms with Crippen molar-refractivity contribution in [3.05, 3.63) is 0 Å². The van der Waals surface area contributed by atoms with Gasteiger partial charge in [0.05, 0.1) is 0 Å². The summed E-state index contributed by atoms with van der Waals surface area (Å²) in [4.78, 5) is 0. The van der Waals surface area contributed by atoms with Crippen molar-refractivity contribution in [3.63, 3.8) is 0 Å². The van der Waals surface area contributed by atoms with Crippen LogP contribution in [0.5, 0.6) is 0 Å². The molecule has 0 bridgehead atoms. The summed E-state index contributed by atoms with van der Waals surface area (Å²) < 4.78 is 173. The van der Waals surface area contributed by atoms with E-state index in [0.29, 0.717) is 0 Å². The van der Waals surface area contributed by atoms with E-state index in [4.69, 9.17) is 4.55 Å². The third kappa shape index (κ3) is 5.62. The van der Waals surface area contributed by atoms with Crippen LogP contribution in [0.2, 0.25) is 0 Å². The van der Waals surface area contributed by atoms with Gasteiger partial charge >= 0.3 is 39.1 Å². The summed E-state index contributed by atoms with van der Waals surface area (Å²) in [5.74, 6) is -29.4. The predicted molar refractivity (Wildman–Crippen MR) is 80.3 cm³/mol. The Labute approximate surface area is 159 Å². The highest BCUT2D eigenvalue weighted by molar-refractivity contribution is 7.87. The standard InChI is InChI=1S/C11H13F11O3S.C2H7N/c1-2-3-4-5-6(12)7(13,14)8(15,16)9(17,18)10(19,20)11(21,22)26(23,24)25;1-3-2/h6H,2-5H2,1H3,(H,23,24,25);3H,1-2H3. The average molecular weight is 479 g/mol. The van der Waals surface area contributed by atoms with Gasteiger partial charge in [0, 0.05) is 0 Å². The van der Waals surface area contributed by atoms with E-state index >= 15 is 0 Å². The first kappa shape index (κ1) is 30.3. The highest BCUT2D eigenvalue weighted by atomic mass is 32.2. The van der Waals surface area contributed by atoms with Crippen molar-refractivity contribution in [2.75, 3.05) is 14.1 Å². The van der Waals surface area contributed by atoms with Crippen LogP contribution in [-0.4, -0.2) is 62.2 Å². The van der Waals surface area contributed by atoms with Crippen molar-refractivity contribution in [1.82, 2.24) is 5.32 Å². The number of hydrogen-bond acceptors (Lipinski definition) is 3. The van der Waals surface area contributed by atoms with Crippen LogP contribution in [-0.2, 0) is 10.1 Å². The second-order valence-electron chi connectivity index (χ2n) is 5.80. The summed E-state index contributed by atoms with van der Waals surface area (Å²) in [5, 5.41) is -4.52. The van der Waals surface area contributed by atoms with Crippen LogP contribution in [0.25, 0.3) is 0 Å². The quantitative estimate of drug-likeness (QED) is 0.269. The molecule has 1 unspecified atom stereocenters. The van der Waals surface area contributed by atoms with Gasteiger partial charge in [0.15, 0.2) is 6.17 Å². The summed E-state index contributed by atoms with van der Waals surface area (Å²) in [5.41, 5.74) is 0. The molecule has 178 valence electrons. The van der Waals surface area contributed by atoms with Crippen LogP contribution < -0.4 is 5.32 Å². The van der Waals surface area contributed by atoms with E-state index in [-0.39, 0.29) is 12.8 Å². The highest BCUT2D eigenvalue weighted by Crippen LogP contribution is 2.59. The lowest BCUT2D eigenvalue weighted by atomic mass is 9.93. The van der Waals surface area contributed by atoms with E-state index in [0.717, 1.165) is 0 Å². The number of alkyl halides is 11. The van der Waals surface area contributed by atoms with Crippen LogP contribution in [0, 0.1) is 0 Å². The minimum absolute atomic E-state index is 0.0184. The molecule has 16 heteroatoms. The molecule has 0 aliphatic carbocycles. The minimum Gasteiger partial charge on any atom is -0.323 e. The van der Waals surface area contributed by atoms with Crippen molar-refractivity contribution in [2.24, 2.45) is 0 Å². The van der Waals surface area contributed by atoms with E-state index in [2.05, 4.69) is 5.32 Å². The largest absolute Gasteiger partial charge is 0.438 e. The van der Waals surface area contributed by atoms with Gasteiger partial charge in [-0.05, 0) is 20.5 Å². The Hall–Kier alpha value is -0.900. The maximum Gasteiger partial charge on any atom is 0.438 e. The van der Waals surface area contributed by atoms with Crippen molar-refractivity contribution >= 4 is 10.1 Å². The zero-order valence-corrected chi connectivity index (χ0v) is 16.1. The van der Waals surface area contributed by atoms with Gasteiger partial charge in [-0.25, -0.2) is 4.39 Å². The Morgan fingerprint density at radius 1 is 0.828 bits per heavy atom. The van der Waals surface area contributed by atoms with E-state index < -0.39 is 58.1 Å². The molecular formula is C13H20F11NO3S. The van der Waals surface area contributed by atoms with Gasteiger partial charge in [0.1, 0.15) is 0 Å². The summed E-state index contributed by atoms with van der Waals surface area (Å²) in [7, 11) is -3.67. The summed E-state index contributed by atoms with van der Waals surface area (Å²) in [6.07, 6.45) is -5.90. The topological polar surface area (TPSA) is 66.4 Å². The molecule has 0 fully saturated rings. The molecule has 0 saturated carbocycles. The Morgan fingerprint density at radius 2 is 1.21 bits per heavy atom. The number of rotatable bonds is 10. The van der Waals surface area contributed by atoms with Crippen LogP contribution in [0.1, 0.15) is 32.6 Å². The van der Waals surface area contributed by atoms with Gasteiger partial charge in [0.2, 0.25) is 0 Å². The van der Waals surface area contributed by atoms with Gasteiger partial charge in [-0.15, -0.1) is 0 Å². The lowest BCUT2D eigenvalue weighted by Crippen LogP contribution is -2.70. The van der Waals surface area contributed by atoms with Gasteiger partial charge in [-0.2, -0.15) is 52.3 Å². The first-order valence-electron chi connectivity index (χ1n) is 7.73. The van der Waals surface area contributed by atoms with Gasteiger partial charge < -0.3 is 5.32 Å². The molecule has 0 aromatic carbocycles. The zero-order valence-electron chi connectivity index (χ0n) is 15.2. The van der Waals surface area contributed by atoms with E-state index in [9.17, 15) is 56.7 Å². The molecule has 0 saturated heterocycles. The molecular weight excluding hydrogens is 459 g/mol. The molecule has 0 rings (SSSR count). The van der Waals surface area contributed by atoms with Crippen molar-refractivity contribution < 1.29 is 61.3 Å². The molecule has 0 radical (unpaired) electrons. The lowest BCUT2D eigenvalue weighted by Gasteiger charge is -2.39. The lowest BCUT2D eigenvalue weighted by molar-refractivity contribution is -0.397. The SMILES string of the molecule is CCCCCC(F)C(F)(F)C(F)(F)C(F)(F)C(F)(F)C(F)(F)S(=O)(=O)O.CNC. The smallest absolute Gasteiger partial charge is 0.323 e. The van der Waals surface area contributed by atoms with Crippen molar-refractivity contribution in [1.29, 1.82) is 0 Å². The number of hydrogen-bond donors (Lipinski definition) is 2. The second kappa shape index (κ2) is 9.94. The van der Waals surface area contributed by atoms with Crippen LogP contribution >= 0.6 is 0 Å². The monoisotopic (exact) mass is 479 g/mol. The maximum atomic E-state index is 13.3. The van der Waals surface area contributed by atoms with E-state index in [1.165, 1.54) is 6.92 Å². The van der Waals surface area contributed by atoms with Crippen LogP contribution in [0.3, 0.4) is 0 Å². The normalized spacial score (nSPS) is 15.6. The number of halogens is 11. The third-order valence-electron chi connectivity index (χ3n) is 3.35. The van der Waals surface area contributed by atoms with Crippen molar-refractivity contribution in [2.45, 2.75) is 67.7 Å². The van der Waals surface area contributed by atoms with E-state index in [1.807, 2.05) is 14.1 Å². The fourth-order valence-electron chi connectivity index (χ4n) is 1.70. The average Bonchev–Trinajstić information content (AvgIpc) is 2.53. The zero-order chi connectivity index (χ0) is 24.1. The number of nitrogens with one attached hydrogen (secondary N) is 1. The number of unbranched alkanes of at least 4 members (excludes halogenated alkanes) is 2. The highest BCUT2D eigenvalue weighted by Gasteiger charge is 2.89. The molecule has 1 atom stereocenters. The molecule has 29 heavy (non-hydrogen) atoms. The molecule has 0 aromatic rings. The Morgan fingerprint density at radius 3 is 1.52 bits per heavy atom. The predicted octanol–water partition coefficient (Wildman–Crippen LogP) is 4.76. The molecule has 0 heterocycles. The summed E-state index contributed by atoms with van der Waals surface area (Å²) in [6.45, 7) is 1.46. The Balaban J connectivity index is 0. The van der Waals surface area contributed by atoms with Crippen LogP contribution in [0.15, 0.2) is 0 Å². The Kier molecular flexibility index (Phi) is 10.4. The fourth-order valence-corrected chi connectivity index (χ4v) is 2.15. The second-order valence-corrected chi connectivity index (χ2v) is 7.26. The first-order valence-corrected chi connectivity index (χ1v) is 9.17. The molecule has 0 amide bonds. The molecule has 0 aliphatic heterocycles. The van der Waals surface area contributed by atoms with Gasteiger partial charge in [-0.3, -0.25) is 4.55 Å². The van der Waals surface area contributed by atoms with E-state index in [1.54, 1.807) is 0 Å². The Bertz CT molecular complexity index is 611. The minimum atomic E-state index is -7.75. The fraction of sp³-hybridized carbons (Fsp3) is 1.00. The summed E-state index contributed by atoms with van der Waals surface area (Å²) in [6, 6.07) is 0.